The number of amides is 1. The summed E-state index contributed by atoms with van der Waals surface area (Å²) in [7, 11) is 0. The second-order valence-corrected chi connectivity index (χ2v) is 5.85. The molecule has 1 amide bonds. The zero-order chi connectivity index (χ0) is 13.5. The summed E-state index contributed by atoms with van der Waals surface area (Å²) in [5.74, 6) is -0.504. The zero-order valence-corrected chi connectivity index (χ0v) is 11.1. The number of nitrogens with zero attached hydrogens (tertiary/aromatic N) is 4. The molecule has 0 saturated heterocycles. The molecule has 1 aliphatic rings. The molecule has 98 valence electrons. The van der Waals surface area contributed by atoms with Crippen molar-refractivity contribution in [2.24, 2.45) is 5.92 Å². The van der Waals surface area contributed by atoms with Crippen molar-refractivity contribution in [1.29, 1.82) is 0 Å². The highest BCUT2D eigenvalue weighted by atomic mass is 35.5. The molecule has 1 fully saturated rings. The van der Waals surface area contributed by atoms with Crippen molar-refractivity contribution in [2.75, 3.05) is 5.32 Å². The number of tetrazole rings is 1. The Balaban J connectivity index is 1.68. The number of halogens is 2. The number of carbonyl (C=O) groups is 1. The normalized spacial score (nSPS) is 20.0. The lowest BCUT2D eigenvalue weighted by molar-refractivity contribution is -0.117. The van der Waals surface area contributed by atoms with Gasteiger partial charge in [0.2, 0.25) is 5.91 Å². The van der Waals surface area contributed by atoms with E-state index in [-0.39, 0.29) is 11.8 Å². The molecule has 1 atom stereocenters. The number of carbonyl (C=O) groups excluding carboxylic acids is 1. The van der Waals surface area contributed by atoms with Crippen molar-refractivity contribution in [3.8, 4) is 5.69 Å². The van der Waals surface area contributed by atoms with Crippen LogP contribution < -0.4 is 5.32 Å². The van der Waals surface area contributed by atoms with Gasteiger partial charge in [0.15, 0.2) is 0 Å². The van der Waals surface area contributed by atoms with Gasteiger partial charge < -0.3 is 5.32 Å². The van der Waals surface area contributed by atoms with Gasteiger partial charge in [-0.25, -0.2) is 4.68 Å². The molecule has 1 aromatic carbocycles. The Kier molecular flexibility index (Phi) is 2.91. The molecule has 0 bridgehead atoms. The molecule has 1 aliphatic carbocycles. The maximum absolute atomic E-state index is 11.8. The third-order valence-corrected chi connectivity index (χ3v) is 3.73. The largest absolute Gasteiger partial charge is 0.326 e. The number of rotatable bonds is 3. The Bertz CT molecular complexity index is 596. The minimum absolute atomic E-state index is 0.167. The van der Waals surface area contributed by atoms with Gasteiger partial charge >= 0.3 is 0 Å². The smallest absolute Gasteiger partial charge is 0.230 e. The third kappa shape index (κ3) is 2.54. The number of hydrogen-bond acceptors (Lipinski definition) is 4. The topological polar surface area (TPSA) is 72.7 Å². The maximum Gasteiger partial charge on any atom is 0.230 e. The van der Waals surface area contributed by atoms with Crippen LogP contribution in [0.2, 0.25) is 0 Å². The lowest BCUT2D eigenvalue weighted by Gasteiger charge is -2.06. The Morgan fingerprint density at radius 1 is 1.37 bits per heavy atom. The van der Waals surface area contributed by atoms with Crippen molar-refractivity contribution in [1.82, 2.24) is 20.2 Å². The number of anilines is 1. The Hall–Kier alpha value is -1.66. The maximum atomic E-state index is 11.8. The molecule has 8 heteroatoms. The number of hydrogen-bond donors (Lipinski definition) is 1. The minimum atomic E-state index is -0.906. The molecule has 19 heavy (non-hydrogen) atoms. The number of alkyl halides is 2. The number of benzene rings is 1. The third-order valence-electron chi connectivity index (χ3n) is 2.89. The first-order chi connectivity index (χ1) is 9.06. The number of aromatic nitrogens is 4. The van der Waals surface area contributed by atoms with Gasteiger partial charge in [0.25, 0.3) is 0 Å². The first-order valence-electron chi connectivity index (χ1n) is 5.58. The van der Waals surface area contributed by atoms with E-state index in [9.17, 15) is 4.79 Å². The second-order valence-electron chi connectivity index (χ2n) is 4.31. The fourth-order valence-corrected chi connectivity index (χ4v) is 2.21. The van der Waals surface area contributed by atoms with Gasteiger partial charge in [-0.05, 0) is 41.1 Å². The Labute approximate surface area is 118 Å². The molecular formula is C11H9Cl2N5O. The first-order valence-corrected chi connectivity index (χ1v) is 6.34. The molecule has 0 spiro atoms. The lowest BCUT2D eigenvalue weighted by Crippen LogP contribution is -2.16. The predicted molar refractivity (Wildman–Crippen MR) is 70.3 cm³/mol. The van der Waals surface area contributed by atoms with E-state index in [2.05, 4.69) is 20.8 Å². The van der Waals surface area contributed by atoms with E-state index in [0.29, 0.717) is 12.1 Å². The van der Waals surface area contributed by atoms with E-state index in [1.165, 1.54) is 11.0 Å². The molecule has 1 heterocycles. The summed E-state index contributed by atoms with van der Waals surface area (Å²) in [6.07, 6.45) is 1.98. The average Bonchev–Trinajstić information content (AvgIpc) is 2.81. The van der Waals surface area contributed by atoms with Crippen LogP contribution in [0.15, 0.2) is 30.6 Å². The fraction of sp³-hybridized carbons (Fsp3) is 0.273. The minimum Gasteiger partial charge on any atom is -0.326 e. The van der Waals surface area contributed by atoms with Crippen LogP contribution in [0.1, 0.15) is 6.42 Å². The van der Waals surface area contributed by atoms with Gasteiger partial charge in [-0.2, -0.15) is 0 Å². The highest BCUT2D eigenvalue weighted by Gasteiger charge is 2.56. The summed E-state index contributed by atoms with van der Waals surface area (Å²) >= 11 is 11.7. The van der Waals surface area contributed by atoms with Gasteiger partial charge in [-0.15, -0.1) is 28.3 Å². The van der Waals surface area contributed by atoms with Gasteiger partial charge in [0, 0.05) is 5.69 Å². The molecule has 0 unspecified atom stereocenters. The van der Waals surface area contributed by atoms with Crippen LogP contribution in [0.3, 0.4) is 0 Å². The Morgan fingerprint density at radius 3 is 2.58 bits per heavy atom. The molecular weight excluding hydrogens is 289 g/mol. The average molecular weight is 298 g/mol. The summed E-state index contributed by atoms with van der Waals surface area (Å²) in [6, 6.07) is 7.13. The monoisotopic (exact) mass is 297 g/mol. The summed E-state index contributed by atoms with van der Waals surface area (Å²) in [6.45, 7) is 0. The molecule has 0 aliphatic heterocycles. The first kappa shape index (κ1) is 12.4. The molecule has 6 nitrogen and oxygen atoms in total. The molecule has 1 saturated carbocycles. The van der Waals surface area contributed by atoms with Crippen molar-refractivity contribution in [3.63, 3.8) is 0 Å². The van der Waals surface area contributed by atoms with E-state index in [1.54, 1.807) is 24.3 Å². The van der Waals surface area contributed by atoms with Crippen molar-refractivity contribution in [3.05, 3.63) is 30.6 Å². The van der Waals surface area contributed by atoms with Gasteiger partial charge in [0.05, 0.1) is 11.6 Å². The van der Waals surface area contributed by atoms with Gasteiger partial charge in [-0.3, -0.25) is 4.79 Å². The van der Waals surface area contributed by atoms with E-state index in [4.69, 9.17) is 23.2 Å². The van der Waals surface area contributed by atoms with Crippen LogP contribution in [0, 0.1) is 5.92 Å². The fourth-order valence-electron chi connectivity index (χ4n) is 1.70. The Morgan fingerprint density at radius 2 is 2.05 bits per heavy atom. The second kappa shape index (κ2) is 4.47. The molecule has 1 aromatic heterocycles. The molecule has 1 N–H and O–H groups in total. The standard InChI is InChI=1S/C11H9Cl2N5O/c12-11(13)5-9(11)10(19)15-7-1-3-8(4-2-7)18-6-14-16-17-18/h1-4,6,9H,5H2,(H,15,19)/t9-/m0/s1. The summed E-state index contributed by atoms with van der Waals surface area (Å²) < 4.78 is 0.617. The predicted octanol–water partition coefficient (Wildman–Crippen LogP) is 1.79. The molecule has 0 radical (unpaired) electrons. The summed E-state index contributed by atoms with van der Waals surface area (Å²) in [5, 5.41) is 13.6. The number of nitrogens with one attached hydrogen (secondary N) is 1. The van der Waals surface area contributed by atoms with Crippen molar-refractivity contribution in [2.45, 2.75) is 10.8 Å². The van der Waals surface area contributed by atoms with E-state index in [0.717, 1.165) is 5.69 Å². The zero-order valence-electron chi connectivity index (χ0n) is 9.62. The summed E-state index contributed by atoms with van der Waals surface area (Å²) in [5.41, 5.74) is 1.48. The van der Waals surface area contributed by atoms with Crippen molar-refractivity contribution < 1.29 is 4.79 Å². The van der Waals surface area contributed by atoms with Crippen LogP contribution in [0.4, 0.5) is 5.69 Å². The van der Waals surface area contributed by atoms with Gasteiger partial charge in [-0.1, -0.05) is 0 Å². The highest BCUT2D eigenvalue weighted by Crippen LogP contribution is 2.53. The van der Waals surface area contributed by atoms with E-state index >= 15 is 0 Å². The van der Waals surface area contributed by atoms with Crippen LogP contribution >= 0.6 is 23.2 Å². The van der Waals surface area contributed by atoms with E-state index in [1.807, 2.05) is 0 Å². The van der Waals surface area contributed by atoms with Crippen LogP contribution in [-0.4, -0.2) is 30.4 Å². The quantitative estimate of drug-likeness (QED) is 0.877. The SMILES string of the molecule is O=C(Nc1ccc(-n2cnnn2)cc1)[C@@H]1CC1(Cl)Cl. The summed E-state index contributed by atoms with van der Waals surface area (Å²) in [4.78, 5) is 11.8. The molecule has 3 rings (SSSR count). The van der Waals surface area contributed by atoms with Crippen molar-refractivity contribution >= 4 is 34.8 Å². The van der Waals surface area contributed by atoms with Crippen LogP contribution in [-0.2, 0) is 4.79 Å². The van der Waals surface area contributed by atoms with Crippen LogP contribution in [0.25, 0.3) is 5.69 Å². The van der Waals surface area contributed by atoms with Gasteiger partial charge in [0.1, 0.15) is 10.7 Å². The lowest BCUT2D eigenvalue weighted by atomic mass is 10.2. The van der Waals surface area contributed by atoms with E-state index < -0.39 is 4.33 Å². The van der Waals surface area contributed by atoms with Crippen LogP contribution in [0.5, 0.6) is 0 Å². The molecule has 2 aromatic rings. The highest BCUT2D eigenvalue weighted by molar-refractivity contribution is 6.52.